The predicted octanol–water partition coefficient (Wildman–Crippen LogP) is 3.97. The molecule has 1 aliphatic heterocycles. The van der Waals surface area contributed by atoms with Crippen molar-refractivity contribution in [3.63, 3.8) is 0 Å². The van der Waals surface area contributed by atoms with Crippen molar-refractivity contribution >= 4 is 28.4 Å². The Bertz CT molecular complexity index is 1340. The van der Waals surface area contributed by atoms with E-state index in [1.807, 2.05) is 33.2 Å². The molecule has 5 heterocycles. The molecule has 1 saturated heterocycles. The molecule has 0 unspecified atom stereocenters. The highest BCUT2D eigenvalue weighted by molar-refractivity contribution is 7.15. The number of anilines is 1. The lowest BCUT2D eigenvalue weighted by molar-refractivity contribution is -0.0178. The van der Waals surface area contributed by atoms with E-state index in [1.165, 1.54) is 12.8 Å². The maximum absolute atomic E-state index is 6.29. The Morgan fingerprint density at radius 2 is 1.82 bits per heavy atom. The number of hydrogen-bond acceptors (Lipinski definition) is 9. The van der Waals surface area contributed by atoms with Gasteiger partial charge in [-0.25, -0.2) is 19.9 Å². The molecule has 2 aliphatic rings. The lowest BCUT2D eigenvalue weighted by Gasteiger charge is -2.36. The molecule has 0 amide bonds. The fourth-order valence-electron chi connectivity index (χ4n) is 4.24. The van der Waals surface area contributed by atoms with Crippen molar-refractivity contribution in [3.05, 3.63) is 40.5 Å². The molecule has 9 nitrogen and oxygen atoms in total. The van der Waals surface area contributed by atoms with E-state index in [2.05, 4.69) is 32.8 Å². The van der Waals surface area contributed by atoms with Crippen LogP contribution in [0.25, 0.3) is 21.7 Å². The van der Waals surface area contributed by atoms with Crippen LogP contribution in [0.1, 0.15) is 53.9 Å². The van der Waals surface area contributed by atoms with Crippen molar-refractivity contribution in [1.29, 1.82) is 0 Å². The van der Waals surface area contributed by atoms with Crippen LogP contribution in [0.3, 0.4) is 0 Å². The quantitative estimate of drug-likeness (QED) is 0.450. The highest BCUT2D eigenvalue weighted by atomic mass is 32.1. The lowest BCUT2D eigenvalue weighted by atomic mass is 10.1. The van der Waals surface area contributed by atoms with Crippen molar-refractivity contribution in [1.82, 2.24) is 34.7 Å². The van der Waals surface area contributed by atoms with Crippen molar-refractivity contribution in [2.45, 2.75) is 58.8 Å². The number of fused-ring (bicyclic) bond motifs is 1. The van der Waals surface area contributed by atoms with Gasteiger partial charge in [0.1, 0.15) is 17.3 Å². The van der Waals surface area contributed by atoms with E-state index < -0.39 is 0 Å². The summed E-state index contributed by atoms with van der Waals surface area (Å²) < 4.78 is 8.36. The minimum Gasteiger partial charge on any atom is -0.367 e. The Balaban J connectivity index is 1.41. The summed E-state index contributed by atoms with van der Waals surface area (Å²) in [5, 5.41) is 5.54. The van der Waals surface area contributed by atoms with Crippen molar-refractivity contribution in [2.75, 3.05) is 18.0 Å². The van der Waals surface area contributed by atoms with Crippen molar-refractivity contribution < 1.29 is 4.74 Å². The first-order chi connectivity index (χ1) is 15.9. The third-order valence-corrected chi connectivity index (χ3v) is 7.16. The number of rotatable bonds is 4. The maximum Gasteiger partial charge on any atom is 0.228 e. The fraction of sp³-hybridized carbons (Fsp3) is 0.478. The minimum absolute atomic E-state index is 0.0345. The summed E-state index contributed by atoms with van der Waals surface area (Å²) in [4.78, 5) is 27.0. The second-order valence-electron chi connectivity index (χ2n) is 9.01. The van der Waals surface area contributed by atoms with Crippen LogP contribution < -0.4 is 4.90 Å². The Morgan fingerprint density at radius 1 is 1.00 bits per heavy atom. The number of thiazole rings is 1. The molecular formula is C23H26N8OS. The first-order valence-corrected chi connectivity index (χ1v) is 12.2. The lowest BCUT2D eigenvalue weighted by Crippen LogP contribution is -2.43. The third-order valence-electron chi connectivity index (χ3n) is 6.24. The molecule has 33 heavy (non-hydrogen) atoms. The van der Waals surface area contributed by atoms with Crippen LogP contribution in [-0.2, 0) is 4.74 Å². The van der Waals surface area contributed by atoms with Gasteiger partial charge in [0, 0.05) is 24.5 Å². The SMILES string of the molecule is Cc1ncc(-c2nc(N3C[C@@H](C)O[C@H](c4cnn(C5CC5)c4)C3)nc3nc(C)c(C)nc23)s1. The number of morpholine rings is 1. The molecule has 0 bridgehead atoms. The van der Waals surface area contributed by atoms with Gasteiger partial charge in [-0.1, -0.05) is 0 Å². The molecule has 0 N–H and O–H groups in total. The summed E-state index contributed by atoms with van der Waals surface area (Å²) in [5.74, 6) is 0.649. The molecule has 1 saturated carbocycles. The maximum atomic E-state index is 6.29. The zero-order chi connectivity index (χ0) is 22.7. The van der Waals surface area contributed by atoms with Gasteiger partial charge in [-0.2, -0.15) is 10.1 Å². The standard InChI is InChI=1S/C23H26N8OS/c1-12-9-30(11-18(32-12)16-7-25-31(10-16)17-5-6-17)23-28-20(19-8-24-15(4)33-19)21-22(29-23)27-14(3)13(2)26-21/h7-8,10,12,17-18H,5-6,9,11H2,1-4H3/t12-,18+/m1/s1. The van der Waals surface area contributed by atoms with Gasteiger partial charge in [-0.3, -0.25) is 4.68 Å². The van der Waals surface area contributed by atoms with Gasteiger partial charge in [0.05, 0.1) is 46.2 Å². The van der Waals surface area contributed by atoms with Crippen LogP contribution in [0.15, 0.2) is 18.6 Å². The highest BCUT2D eigenvalue weighted by Gasteiger charge is 2.31. The second kappa shape index (κ2) is 7.81. The fourth-order valence-corrected chi connectivity index (χ4v) is 5.01. The molecule has 10 heteroatoms. The molecule has 4 aromatic rings. The van der Waals surface area contributed by atoms with Gasteiger partial charge in [-0.15, -0.1) is 11.3 Å². The van der Waals surface area contributed by atoms with Crippen molar-refractivity contribution in [3.8, 4) is 10.6 Å². The topological polar surface area (TPSA) is 94.7 Å². The molecule has 0 aromatic carbocycles. The number of aryl methyl sites for hydroxylation is 3. The normalized spacial score (nSPS) is 21.2. The first kappa shape index (κ1) is 20.6. The van der Waals surface area contributed by atoms with Crippen LogP contribution >= 0.6 is 11.3 Å². The van der Waals surface area contributed by atoms with E-state index in [0.717, 1.165) is 32.5 Å². The van der Waals surface area contributed by atoms with Crippen LogP contribution in [0.5, 0.6) is 0 Å². The Labute approximate surface area is 195 Å². The smallest absolute Gasteiger partial charge is 0.228 e. The summed E-state index contributed by atoms with van der Waals surface area (Å²) in [6.45, 7) is 9.38. The van der Waals surface area contributed by atoms with E-state index in [1.54, 1.807) is 11.3 Å². The summed E-state index contributed by atoms with van der Waals surface area (Å²) in [5.41, 5.74) is 4.97. The van der Waals surface area contributed by atoms with Gasteiger partial charge < -0.3 is 9.64 Å². The van der Waals surface area contributed by atoms with Crippen molar-refractivity contribution in [2.24, 2.45) is 0 Å². The zero-order valence-corrected chi connectivity index (χ0v) is 20.0. The largest absolute Gasteiger partial charge is 0.367 e. The number of ether oxygens (including phenoxy) is 1. The number of hydrogen-bond donors (Lipinski definition) is 0. The zero-order valence-electron chi connectivity index (χ0n) is 19.2. The summed E-state index contributed by atoms with van der Waals surface area (Å²) in [6, 6.07) is 0.551. The molecule has 6 rings (SSSR count). The van der Waals surface area contributed by atoms with E-state index in [-0.39, 0.29) is 12.2 Å². The minimum atomic E-state index is -0.0829. The molecule has 1 aliphatic carbocycles. The second-order valence-corrected chi connectivity index (χ2v) is 10.2. The monoisotopic (exact) mass is 462 g/mol. The molecular weight excluding hydrogens is 436 g/mol. The summed E-state index contributed by atoms with van der Waals surface area (Å²) >= 11 is 1.61. The van der Waals surface area contributed by atoms with Crippen LogP contribution in [0, 0.1) is 20.8 Å². The van der Waals surface area contributed by atoms with E-state index in [0.29, 0.717) is 36.2 Å². The number of aromatic nitrogens is 7. The van der Waals surface area contributed by atoms with E-state index in [9.17, 15) is 0 Å². The van der Waals surface area contributed by atoms with E-state index in [4.69, 9.17) is 24.7 Å². The molecule has 2 atom stereocenters. The number of nitrogens with zero attached hydrogens (tertiary/aromatic N) is 8. The van der Waals surface area contributed by atoms with Crippen LogP contribution in [0.4, 0.5) is 5.95 Å². The third kappa shape index (κ3) is 3.87. The average molecular weight is 463 g/mol. The van der Waals surface area contributed by atoms with E-state index >= 15 is 0 Å². The predicted molar refractivity (Wildman–Crippen MR) is 126 cm³/mol. The highest BCUT2D eigenvalue weighted by Crippen LogP contribution is 2.36. The molecule has 4 aromatic heterocycles. The molecule has 2 fully saturated rings. The van der Waals surface area contributed by atoms with Gasteiger partial charge >= 0.3 is 0 Å². The summed E-state index contributed by atoms with van der Waals surface area (Å²) in [7, 11) is 0. The Morgan fingerprint density at radius 3 is 2.58 bits per heavy atom. The van der Waals surface area contributed by atoms with Crippen LogP contribution in [-0.4, -0.2) is 53.9 Å². The summed E-state index contributed by atoms with van der Waals surface area (Å²) in [6.07, 6.45) is 8.29. The first-order valence-electron chi connectivity index (χ1n) is 11.3. The van der Waals surface area contributed by atoms with Gasteiger partial charge in [0.25, 0.3) is 0 Å². The van der Waals surface area contributed by atoms with Gasteiger partial charge in [0.15, 0.2) is 5.65 Å². The Hall–Kier alpha value is -2.98. The molecule has 170 valence electrons. The molecule has 0 spiro atoms. The van der Waals surface area contributed by atoms with Crippen LogP contribution in [0.2, 0.25) is 0 Å². The molecule has 0 radical (unpaired) electrons. The van der Waals surface area contributed by atoms with Gasteiger partial charge in [-0.05, 0) is 40.5 Å². The van der Waals surface area contributed by atoms with Gasteiger partial charge in [0.2, 0.25) is 5.95 Å². The Kier molecular flexibility index (Phi) is 4.88. The average Bonchev–Trinajstić information content (AvgIpc) is 3.35.